The van der Waals surface area contributed by atoms with Crippen LogP contribution < -0.4 is 10.6 Å². The lowest BCUT2D eigenvalue weighted by molar-refractivity contribution is 0.169. The molecule has 2 rings (SSSR count). The Labute approximate surface area is 96.2 Å². The summed E-state index contributed by atoms with van der Waals surface area (Å²) in [5.74, 6) is 1.39. The molecule has 0 spiro atoms. The van der Waals surface area contributed by atoms with Crippen molar-refractivity contribution in [1.82, 2.24) is 15.1 Å². The van der Waals surface area contributed by atoms with Gasteiger partial charge < -0.3 is 10.6 Å². The lowest BCUT2D eigenvalue weighted by Gasteiger charge is -2.42. The average molecular weight is 221 g/mol. The average Bonchev–Trinajstić information content (AvgIpc) is 2.26. The number of anilines is 2. The van der Waals surface area contributed by atoms with Crippen LogP contribution in [0.5, 0.6) is 0 Å². The first kappa shape index (κ1) is 11.1. The molecule has 88 valence electrons. The van der Waals surface area contributed by atoms with Crippen LogP contribution >= 0.6 is 0 Å². The Hall–Kier alpha value is -1.36. The number of nitrogen functional groups attached to an aromatic ring is 1. The minimum atomic E-state index is 0.471. The van der Waals surface area contributed by atoms with E-state index in [0.29, 0.717) is 17.9 Å². The summed E-state index contributed by atoms with van der Waals surface area (Å²) in [6.45, 7) is 6.43. The molecule has 1 aromatic rings. The SMILES string of the molecule is C[C@@H]1CN(c2ccc(N)nn2)C[C@H](C)N1C. The number of hydrogen-bond acceptors (Lipinski definition) is 5. The molecule has 1 aliphatic rings. The van der Waals surface area contributed by atoms with Crippen LogP contribution in [0.25, 0.3) is 0 Å². The van der Waals surface area contributed by atoms with E-state index < -0.39 is 0 Å². The smallest absolute Gasteiger partial charge is 0.151 e. The number of aromatic nitrogens is 2. The summed E-state index contributed by atoms with van der Waals surface area (Å²) >= 11 is 0. The Bertz CT molecular complexity index is 338. The van der Waals surface area contributed by atoms with Crippen molar-refractivity contribution in [3.05, 3.63) is 12.1 Å². The van der Waals surface area contributed by atoms with E-state index in [1.165, 1.54) is 0 Å². The lowest BCUT2D eigenvalue weighted by atomic mass is 10.1. The fourth-order valence-corrected chi connectivity index (χ4v) is 2.10. The van der Waals surface area contributed by atoms with Crippen LogP contribution in [0.2, 0.25) is 0 Å². The Balaban J connectivity index is 2.13. The van der Waals surface area contributed by atoms with Crippen LogP contribution in [0.4, 0.5) is 11.6 Å². The molecule has 1 saturated heterocycles. The van der Waals surface area contributed by atoms with Gasteiger partial charge in [-0.15, -0.1) is 10.2 Å². The number of likely N-dealkylation sites (N-methyl/N-ethyl adjacent to an activating group) is 1. The van der Waals surface area contributed by atoms with E-state index >= 15 is 0 Å². The van der Waals surface area contributed by atoms with Gasteiger partial charge in [0, 0.05) is 25.2 Å². The molecule has 0 radical (unpaired) electrons. The van der Waals surface area contributed by atoms with Gasteiger partial charge in [-0.2, -0.15) is 0 Å². The van der Waals surface area contributed by atoms with Crippen LogP contribution in [0.15, 0.2) is 12.1 Å². The Morgan fingerprint density at radius 3 is 2.31 bits per heavy atom. The van der Waals surface area contributed by atoms with Crippen molar-refractivity contribution in [3.8, 4) is 0 Å². The second-order valence-electron chi connectivity index (χ2n) is 4.58. The zero-order valence-electron chi connectivity index (χ0n) is 10.1. The van der Waals surface area contributed by atoms with Gasteiger partial charge in [-0.1, -0.05) is 0 Å². The van der Waals surface area contributed by atoms with E-state index in [0.717, 1.165) is 18.9 Å². The summed E-state index contributed by atoms with van der Waals surface area (Å²) in [6, 6.07) is 4.80. The van der Waals surface area contributed by atoms with Gasteiger partial charge >= 0.3 is 0 Å². The van der Waals surface area contributed by atoms with Gasteiger partial charge in [-0.3, -0.25) is 4.90 Å². The third-order valence-corrected chi connectivity index (χ3v) is 3.35. The molecule has 1 aliphatic heterocycles. The molecule has 2 N–H and O–H groups in total. The van der Waals surface area contributed by atoms with Crippen LogP contribution in [0.1, 0.15) is 13.8 Å². The third kappa shape index (κ3) is 2.09. The highest BCUT2D eigenvalue weighted by atomic mass is 15.3. The lowest BCUT2D eigenvalue weighted by Crippen LogP contribution is -2.55. The highest BCUT2D eigenvalue weighted by molar-refractivity contribution is 5.42. The minimum absolute atomic E-state index is 0.471. The molecule has 0 unspecified atom stereocenters. The number of hydrogen-bond donors (Lipinski definition) is 1. The molecule has 5 heteroatoms. The van der Waals surface area contributed by atoms with Crippen molar-refractivity contribution < 1.29 is 0 Å². The van der Waals surface area contributed by atoms with Crippen molar-refractivity contribution in [3.63, 3.8) is 0 Å². The Morgan fingerprint density at radius 1 is 1.19 bits per heavy atom. The monoisotopic (exact) mass is 221 g/mol. The summed E-state index contributed by atoms with van der Waals surface area (Å²) in [6.07, 6.45) is 0. The predicted molar refractivity (Wildman–Crippen MR) is 65.3 cm³/mol. The second-order valence-corrected chi connectivity index (χ2v) is 4.58. The maximum atomic E-state index is 5.53. The van der Waals surface area contributed by atoms with Crippen LogP contribution in [0, 0.1) is 0 Å². The van der Waals surface area contributed by atoms with Crippen LogP contribution in [0.3, 0.4) is 0 Å². The fraction of sp³-hybridized carbons (Fsp3) is 0.636. The van der Waals surface area contributed by atoms with E-state index in [9.17, 15) is 0 Å². The molecule has 1 aromatic heterocycles. The molecule has 1 fully saturated rings. The van der Waals surface area contributed by atoms with Gasteiger partial charge in [0.25, 0.3) is 0 Å². The normalized spacial score (nSPS) is 27.1. The maximum Gasteiger partial charge on any atom is 0.151 e. The molecule has 0 amide bonds. The number of nitrogens with zero attached hydrogens (tertiary/aromatic N) is 4. The molecule has 16 heavy (non-hydrogen) atoms. The second kappa shape index (κ2) is 4.25. The molecule has 0 saturated carbocycles. The first-order valence-corrected chi connectivity index (χ1v) is 5.64. The Morgan fingerprint density at radius 2 is 1.81 bits per heavy atom. The predicted octanol–water partition coefficient (Wildman–Crippen LogP) is 0.588. The highest BCUT2D eigenvalue weighted by Gasteiger charge is 2.27. The van der Waals surface area contributed by atoms with Crippen molar-refractivity contribution >= 4 is 11.6 Å². The summed E-state index contributed by atoms with van der Waals surface area (Å²) in [5.41, 5.74) is 5.53. The Kier molecular flexibility index (Phi) is 2.96. The number of nitrogens with two attached hydrogens (primary N) is 1. The highest BCUT2D eigenvalue weighted by Crippen LogP contribution is 2.19. The minimum Gasteiger partial charge on any atom is -0.382 e. The molecule has 0 aromatic carbocycles. The molecule has 2 heterocycles. The molecule has 2 atom stereocenters. The van der Waals surface area contributed by atoms with E-state index in [-0.39, 0.29) is 0 Å². The molecule has 0 bridgehead atoms. The first-order valence-electron chi connectivity index (χ1n) is 5.64. The molecule has 0 aliphatic carbocycles. The van der Waals surface area contributed by atoms with Gasteiger partial charge in [0.15, 0.2) is 5.82 Å². The summed E-state index contributed by atoms with van der Waals surface area (Å²) < 4.78 is 0. The van der Waals surface area contributed by atoms with Crippen LogP contribution in [-0.2, 0) is 0 Å². The van der Waals surface area contributed by atoms with Crippen molar-refractivity contribution in [2.75, 3.05) is 30.8 Å². The maximum absolute atomic E-state index is 5.53. The van der Waals surface area contributed by atoms with Crippen molar-refractivity contribution in [1.29, 1.82) is 0 Å². The van der Waals surface area contributed by atoms with Gasteiger partial charge in [-0.05, 0) is 33.0 Å². The zero-order valence-corrected chi connectivity index (χ0v) is 10.1. The van der Waals surface area contributed by atoms with Gasteiger partial charge in [0.1, 0.15) is 5.82 Å². The van der Waals surface area contributed by atoms with Crippen molar-refractivity contribution in [2.24, 2.45) is 0 Å². The quantitative estimate of drug-likeness (QED) is 0.752. The topological polar surface area (TPSA) is 58.3 Å². The standard InChI is InChI=1S/C11H19N5/c1-8-6-16(7-9(2)15(8)3)11-5-4-10(12)13-14-11/h4-5,8-9H,6-7H2,1-3H3,(H2,12,13)/t8-,9+. The summed E-state index contributed by atoms with van der Waals surface area (Å²) in [7, 11) is 2.17. The van der Waals surface area contributed by atoms with Gasteiger partial charge in [0.05, 0.1) is 0 Å². The van der Waals surface area contributed by atoms with E-state index in [2.05, 4.69) is 40.9 Å². The van der Waals surface area contributed by atoms with E-state index in [1.807, 2.05) is 6.07 Å². The largest absolute Gasteiger partial charge is 0.382 e. The van der Waals surface area contributed by atoms with E-state index in [4.69, 9.17) is 5.73 Å². The van der Waals surface area contributed by atoms with E-state index in [1.54, 1.807) is 6.07 Å². The number of piperazine rings is 1. The third-order valence-electron chi connectivity index (χ3n) is 3.35. The molecular formula is C11H19N5. The first-order chi connectivity index (χ1) is 7.58. The fourth-order valence-electron chi connectivity index (χ4n) is 2.10. The zero-order chi connectivity index (χ0) is 11.7. The summed E-state index contributed by atoms with van der Waals surface area (Å²) in [5, 5.41) is 8.02. The van der Waals surface area contributed by atoms with Gasteiger partial charge in [-0.25, -0.2) is 0 Å². The summed E-state index contributed by atoms with van der Waals surface area (Å²) in [4.78, 5) is 4.66. The molecule has 5 nitrogen and oxygen atoms in total. The van der Waals surface area contributed by atoms with Gasteiger partial charge in [0.2, 0.25) is 0 Å². The number of rotatable bonds is 1. The van der Waals surface area contributed by atoms with Crippen LogP contribution in [-0.4, -0.2) is 47.3 Å². The molecular weight excluding hydrogens is 202 g/mol. The van der Waals surface area contributed by atoms with Crippen molar-refractivity contribution in [2.45, 2.75) is 25.9 Å².